The van der Waals surface area contributed by atoms with Gasteiger partial charge in [-0.25, -0.2) is 9.59 Å². The van der Waals surface area contributed by atoms with Gasteiger partial charge in [0.05, 0.1) is 52.7 Å². The van der Waals surface area contributed by atoms with E-state index in [2.05, 4.69) is 29.6 Å². The summed E-state index contributed by atoms with van der Waals surface area (Å²) in [6, 6.07) is 16.4. The Kier molecular flexibility index (Phi) is 15.2. The van der Waals surface area contributed by atoms with Gasteiger partial charge in [0.1, 0.15) is 13.2 Å². The number of hydrogen-bond donors (Lipinski definition) is 2. The topological polar surface area (TPSA) is 156 Å². The van der Waals surface area contributed by atoms with Gasteiger partial charge in [-0.05, 0) is 28.7 Å². The smallest absolute Gasteiger partial charge is 0.407 e. The molecule has 43 heavy (non-hydrogen) atoms. The summed E-state index contributed by atoms with van der Waals surface area (Å²) in [4.78, 5) is 44.8. The molecular weight excluding hydrogens is 562 g/mol. The lowest BCUT2D eigenvalue weighted by atomic mass is 9.98. The number of nitrogens with one attached hydrogen (secondary N) is 1. The minimum Gasteiger partial charge on any atom is -0.476 e. The van der Waals surface area contributed by atoms with Gasteiger partial charge in [-0.1, -0.05) is 48.5 Å². The summed E-state index contributed by atoms with van der Waals surface area (Å²) in [5.74, 6) is -3.21. The number of amides is 1. The molecule has 0 aliphatic heterocycles. The van der Waals surface area contributed by atoms with Crippen LogP contribution in [-0.4, -0.2) is 102 Å². The fraction of sp³-hybridized carbons (Fsp3) is 0.484. The highest BCUT2D eigenvalue weighted by molar-refractivity contribution is 6.32. The Balaban J connectivity index is 1.07. The van der Waals surface area contributed by atoms with Crippen molar-refractivity contribution in [3.63, 3.8) is 0 Å². The van der Waals surface area contributed by atoms with Crippen molar-refractivity contribution in [1.29, 1.82) is 0 Å². The highest BCUT2D eigenvalue weighted by atomic mass is 16.6. The van der Waals surface area contributed by atoms with Gasteiger partial charge >= 0.3 is 18.0 Å². The maximum Gasteiger partial charge on any atom is 0.407 e. The fourth-order valence-electron chi connectivity index (χ4n) is 4.39. The second kappa shape index (κ2) is 19.4. The number of alkyl carbamates (subject to hydrolysis) is 1. The van der Waals surface area contributed by atoms with Crippen molar-refractivity contribution >= 4 is 23.8 Å². The van der Waals surface area contributed by atoms with Crippen LogP contribution >= 0.6 is 0 Å². The maximum atomic E-state index is 12.2. The Morgan fingerprint density at radius 2 is 1.16 bits per heavy atom. The lowest BCUT2D eigenvalue weighted by Gasteiger charge is -2.14. The molecule has 0 atom stereocenters. The summed E-state index contributed by atoms with van der Waals surface area (Å²) in [5.41, 5.74) is 4.74. The first-order valence-electron chi connectivity index (χ1n) is 14.3. The van der Waals surface area contributed by atoms with Crippen molar-refractivity contribution in [3.05, 3.63) is 59.7 Å². The van der Waals surface area contributed by atoms with Crippen molar-refractivity contribution in [2.75, 3.05) is 72.6 Å². The number of fused-ring (bicyclic) bond motifs is 3. The van der Waals surface area contributed by atoms with Crippen LogP contribution in [0.5, 0.6) is 0 Å². The minimum absolute atomic E-state index is 0.00861. The number of Topliss-reactive ketones (excluding diaryl/α,β-unsaturated/α-hetero) is 1. The molecule has 0 aromatic heterocycles. The van der Waals surface area contributed by atoms with Gasteiger partial charge in [0, 0.05) is 25.5 Å². The Bertz CT molecular complexity index is 1140. The SMILES string of the molecule is O=C(CCC(=O)C(=O)O)OCCOCCOCCOCCOCCCNC(=O)OCC1c2ccccc2-c2ccccc21. The predicted molar refractivity (Wildman–Crippen MR) is 154 cm³/mol. The summed E-state index contributed by atoms with van der Waals surface area (Å²) >= 11 is 0. The number of carboxylic acids is 1. The van der Waals surface area contributed by atoms with Crippen LogP contribution in [0.15, 0.2) is 48.5 Å². The van der Waals surface area contributed by atoms with Crippen molar-refractivity contribution in [3.8, 4) is 11.1 Å². The quantitative estimate of drug-likeness (QED) is 0.116. The standard InChI is InChI=1S/C31H39NO11/c33-28(30(35)36)10-11-29(34)42-21-20-41-19-18-40-17-16-39-15-14-38-13-5-12-32-31(37)43-22-27-25-8-3-1-6-23(25)24-7-2-4-9-26(24)27/h1-4,6-9,27H,5,10-22H2,(H,32,37)(H,35,36). The molecule has 2 N–H and O–H groups in total. The Labute approximate surface area is 250 Å². The van der Waals surface area contributed by atoms with Crippen molar-refractivity contribution in [2.24, 2.45) is 0 Å². The molecule has 1 aliphatic rings. The first kappa shape index (κ1) is 33.7. The Morgan fingerprint density at radius 3 is 1.72 bits per heavy atom. The maximum absolute atomic E-state index is 12.2. The van der Waals surface area contributed by atoms with Crippen LogP contribution in [0.4, 0.5) is 4.79 Å². The number of esters is 1. The predicted octanol–water partition coefficient (Wildman–Crippen LogP) is 2.96. The van der Waals surface area contributed by atoms with E-state index in [-0.39, 0.29) is 38.6 Å². The zero-order valence-corrected chi connectivity index (χ0v) is 24.1. The summed E-state index contributed by atoms with van der Waals surface area (Å²) in [6.45, 7) is 3.68. The monoisotopic (exact) mass is 601 g/mol. The fourth-order valence-corrected chi connectivity index (χ4v) is 4.39. The number of hydrogen-bond acceptors (Lipinski definition) is 10. The largest absolute Gasteiger partial charge is 0.476 e. The van der Waals surface area contributed by atoms with Gasteiger partial charge in [-0.15, -0.1) is 0 Å². The van der Waals surface area contributed by atoms with Crippen molar-refractivity contribution < 1.29 is 52.7 Å². The molecule has 0 saturated carbocycles. The van der Waals surface area contributed by atoms with Crippen LogP contribution < -0.4 is 5.32 Å². The van der Waals surface area contributed by atoms with Gasteiger partial charge in [0.15, 0.2) is 0 Å². The van der Waals surface area contributed by atoms with E-state index in [0.29, 0.717) is 59.2 Å². The summed E-state index contributed by atoms with van der Waals surface area (Å²) in [6.07, 6.45) is -0.458. The molecule has 2 aromatic rings. The van der Waals surface area contributed by atoms with Gasteiger partial charge in [0.25, 0.3) is 0 Å². The second-order valence-corrected chi connectivity index (χ2v) is 9.50. The average Bonchev–Trinajstić information content (AvgIpc) is 3.33. The van der Waals surface area contributed by atoms with E-state index in [4.69, 9.17) is 33.5 Å². The third-order valence-electron chi connectivity index (χ3n) is 6.48. The number of aliphatic carboxylic acids is 1. The molecule has 1 amide bonds. The zero-order valence-electron chi connectivity index (χ0n) is 24.1. The Morgan fingerprint density at radius 1 is 0.651 bits per heavy atom. The molecule has 234 valence electrons. The summed E-state index contributed by atoms with van der Waals surface area (Å²) in [5, 5.41) is 11.2. The summed E-state index contributed by atoms with van der Waals surface area (Å²) in [7, 11) is 0. The first-order valence-corrected chi connectivity index (χ1v) is 14.3. The minimum atomic E-state index is -1.57. The van der Waals surface area contributed by atoms with E-state index in [1.165, 1.54) is 22.3 Å². The van der Waals surface area contributed by atoms with Crippen LogP contribution in [0.25, 0.3) is 11.1 Å². The van der Waals surface area contributed by atoms with Crippen LogP contribution in [0.2, 0.25) is 0 Å². The van der Waals surface area contributed by atoms with Gasteiger partial charge in [0.2, 0.25) is 5.78 Å². The van der Waals surface area contributed by atoms with E-state index in [1.807, 2.05) is 24.3 Å². The number of ether oxygens (including phenoxy) is 6. The second-order valence-electron chi connectivity index (χ2n) is 9.50. The number of rotatable bonds is 22. The van der Waals surface area contributed by atoms with E-state index in [0.717, 1.165) is 0 Å². The molecule has 1 aliphatic carbocycles. The average molecular weight is 602 g/mol. The Hall–Kier alpha value is -3.84. The molecule has 0 bridgehead atoms. The molecular formula is C31H39NO11. The molecule has 0 spiro atoms. The molecule has 12 nitrogen and oxygen atoms in total. The molecule has 12 heteroatoms. The third-order valence-corrected chi connectivity index (χ3v) is 6.48. The van der Waals surface area contributed by atoms with Gasteiger partial charge in [-0.2, -0.15) is 0 Å². The molecule has 0 unspecified atom stereocenters. The van der Waals surface area contributed by atoms with Crippen molar-refractivity contribution in [1.82, 2.24) is 5.32 Å². The molecule has 2 aromatic carbocycles. The normalized spacial score (nSPS) is 11.9. The lowest BCUT2D eigenvalue weighted by Crippen LogP contribution is -2.27. The zero-order chi connectivity index (χ0) is 30.7. The van der Waals surface area contributed by atoms with Crippen LogP contribution in [-0.2, 0) is 42.8 Å². The van der Waals surface area contributed by atoms with Crippen LogP contribution in [0.3, 0.4) is 0 Å². The highest BCUT2D eigenvalue weighted by Crippen LogP contribution is 2.44. The number of ketones is 1. The molecule has 3 rings (SSSR count). The van der Waals surface area contributed by atoms with E-state index in [1.54, 1.807) is 0 Å². The summed E-state index contributed by atoms with van der Waals surface area (Å²) < 4.78 is 31.9. The number of carbonyl (C=O) groups is 4. The van der Waals surface area contributed by atoms with E-state index in [9.17, 15) is 19.2 Å². The number of carbonyl (C=O) groups excluding carboxylic acids is 3. The van der Waals surface area contributed by atoms with Gasteiger partial charge < -0.3 is 38.8 Å². The number of carboxylic acid groups (broad SMARTS) is 1. The molecule has 0 saturated heterocycles. The molecule has 0 radical (unpaired) electrons. The van der Waals surface area contributed by atoms with Crippen molar-refractivity contribution in [2.45, 2.75) is 25.2 Å². The van der Waals surface area contributed by atoms with Crippen LogP contribution in [0, 0.1) is 0 Å². The number of benzene rings is 2. The lowest BCUT2D eigenvalue weighted by molar-refractivity contribution is -0.151. The van der Waals surface area contributed by atoms with E-state index >= 15 is 0 Å². The molecule has 0 heterocycles. The third kappa shape index (κ3) is 12.1. The van der Waals surface area contributed by atoms with Gasteiger partial charge in [-0.3, -0.25) is 9.59 Å². The highest BCUT2D eigenvalue weighted by Gasteiger charge is 2.28. The van der Waals surface area contributed by atoms with Crippen LogP contribution in [0.1, 0.15) is 36.3 Å². The first-order chi connectivity index (χ1) is 21.0. The molecule has 0 fully saturated rings. The van der Waals surface area contributed by atoms with E-state index < -0.39 is 23.8 Å².